The van der Waals surface area contributed by atoms with Crippen molar-refractivity contribution in [2.75, 3.05) is 6.54 Å². The summed E-state index contributed by atoms with van der Waals surface area (Å²) in [5, 5.41) is 3.44. The molecule has 96 valence electrons. The molecule has 1 aromatic heterocycles. The molecule has 0 amide bonds. The van der Waals surface area contributed by atoms with Gasteiger partial charge < -0.3 is 5.32 Å². The summed E-state index contributed by atoms with van der Waals surface area (Å²) < 4.78 is 5.61. The Labute approximate surface area is 121 Å². The van der Waals surface area contributed by atoms with Gasteiger partial charge in [-0.05, 0) is 36.1 Å². The molecular weight excluding hydrogens is 308 g/mol. The summed E-state index contributed by atoms with van der Waals surface area (Å²) in [7, 11) is 0. The third kappa shape index (κ3) is 3.64. The SMILES string of the molecule is CC(C)CNCc1cc(-c2ccccc2Br)ns1. The second-order valence-electron chi connectivity index (χ2n) is 4.68. The zero-order chi connectivity index (χ0) is 13.0. The number of hydrogen-bond acceptors (Lipinski definition) is 3. The molecule has 4 heteroatoms. The Balaban J connectivity index is 2.04. The van der Waals surface area contributed by atoms with Crippen LogP contribution in [0.5, 0.6) is 0 Å². The summed E-state index contributed by atoms with van der Waals surface area (Å²) in [5.74, 6) is 0.681. The fourth-order valence-corrected chi connectivity index (χ4v) is 2.86. The maximum Gasteiger partial charge on any atom is 0.0855 e. The van der Waals surface area contributed by atoms with E-state index in [4.69, 9.17) is 0 Å². The molecule has 0 atom stereocenters. The molecule has 0 aliphatic heterocycles. The first-order valence-corrected chi connectivity index (χ1v) is 7.64. The zero-order valence-electron chi connectivity index (χ0n) is 10.6. The Hall–Kier alpha value is -0.710. The molecule has 1 aromatic carbocycles. The van der Waals surface area contributed by atoms with Crippen LogP contribution in [0.4, 0.5) is 0 Å². The van der Waals surface area contributed by atoms with Gasteiger partial charge >= 0.3 is 0 Å². The highest BCUT2D eigenvalue weighted by atomic mass is 79.9. The maximum atomic E-state index is 4.52. The Morgan fingerprint density at radius 2 is 2.11 bits per heavy atom. The number of nitrogens with one attached hydrogen (secondary N) is 1. The molecule has 0 saturated carbocycles. The summed E-state index contributed by atoms with van der Waals surface area (Å²) >= 11 is 5.13. The van der Waals surface area contributed by atoms with Crippen molar-refractivity contribution in [1.29, 1.82) is 0 Å². The van der Waals surface area contributed by atoms with E-state index < -0.39 is 0 Å². The van der Waals surface area contributed by atoms with Crippen molar-refractivity contribution < 1.29 is 0 Å². The average Bonchev–Trinajstić information content (AvgIpc) is 2.78. The van der Waals surface area contributed by atoms with Gasteiger partial charge in [0.1, 0.15) is 0 Å². The van der Waals surface area contributed by atoms with Gasteiger partial charge in [0.05, 0.1) is 5.69 Å². The van der Waals surface area contributed by atoms with E-state index in [1.165, 1.54) is 4.88 Å². The molecule has 1 heterocycles. The lowest BCUT2D eigenvalue weighted by Gasteiger charge is -2.04. The third-order valence-electron chi connectivity index (χ3n) is 2.56. The largest absolute Gasteiger partial charge is 0.312 e. The smallest absolute Gasteiger partial charge is 0.0855 e. The van der Waals surface area contributed by atoms with Crippen LogP contribution in [-0.4, -0.2) is 10.9 Å². The van der Waals surface area contributed by atoms with Gasteiger partial charge in [0.2, 0.25) is 0 Å². The van der Waals surface area contributed by atoms with E-state index in [2.05, 4.69) is 51.6 Å². The molecule has 1 N–H and O–H groups in total. The van der Waals surface area contributed by atoms with Gasteiger partial charge in [-0.3, -0.25) is 0 Å². The van der Waals surface area contributed by atoms with E-state index in [1.807, 2.05) is 18.2 Å². The van der Waals surface area contributed by atoms with Crippen LogP contribution in [0, 0.1) is 5.92 Å². The van der Waals surface area contributed by atoms with Crippen LogP contribution in [-0.2, 0) is 6.54 Å². The molecule has 0 saturated heterocycles. The molecule has 0 radical (unpaired) electrons. The first-order chi connectivity index (χ1) is 8.66. The van der Waals surface area contributed by atoms with Gasteiger partial charge in [-0.25, -0.2) is 0 Å². The van der Waals surface area contributed by atoms with E-state index in [1.54, 1.807) is 11.5 Å². The van der Waals surface area contributed by atoms with Gasteiger partial charge in [0.15, 0.2) is 0 Å². The van der Waals surface area contributed by atoms with Crippen LogP contribution in [0.3, 0.4) is 0 Å². The van der Waals surface area contributed by atoms with Gasteiger partial charge in [0, 0.05) is 21.5 Å². The summed E-state index contributed by atoms with van der Waals surface area (Å²) in [5.41, 5.74) is 2.21. The predicted molar refractivity (Wildman–Crippen MR) is 81.8 cm³/mol. The molecule has 18 heavy (non-hydrogen) atoms. The number of rotatable bonds is 5. The van der Waals surface area contributed by atoms with Gasteiger partial charge in [-0.2, -0.15) is 4.37 Å². The lowest BCUT2D eigenvalue weighted by Crippen LogP contribution is -2.18. The number of aromatic nitrogens is 1. The Bertz CT molecular complexity index is 508. The van der Waals surface area contributed by atoms with Gasteiger partial charge in [0.25, 0.3) is 0 Å². The van der Waals surface area contributed by atoms with Crippen LogP contribution in [0.2, 0.25) is 0 Å². The van der Waals surface area contributed by atoms with Gasteiger partial charge in [-0.15, -0.1) is 0 Å². The Morgan fingerprint density at radius 1 is 1.33 bits per heavy atom. The summed E-state index contributed by atoms with van der Waals surface area (Å²) in [6.45, 7) is 6.38. The van der Waals surface area contributed by atoms with Crippen molar-refractivity contribution in [1.82, 2.24) is 9.69 Å². The van der Waals surface area contributed by atoms with Crippen LogP contribution in [0.25, 0.3) is 11.3 Å². The molecule has 0 aliphatic rings. The number of halogens is 1. The lowest BCUT2D eigenvalue weighted by atomic mass is 10.1. The Kier molecular flexibility index (Phi) is 4.92. The number of benzene rings is 1. The van der Waals surface area contributed by atoms with Crippen molar-refractivity contribution in [3.63, 3.8) is 0 Å². The highest BCUT2D eigenvalue weighted by Gasteiger charge is 2.07. The first kappa shape index (κ1) is 13.7. The van der Waals surface area contributed by atoms with E-state index >= 15 is 0 Å². The predicted octanol–water partition coefficient (Wildman–Crippen LogP) is 4.32. The van der Waals surface area contributed by atoms with Crippen molar-refractivity contribution in [3.8, 4) is 11.3 Å². The van der Waals surface area contributed by atoms with Crippen LogP contribution in [0.1, 0.15) is 18.7 Å². The van der Waals surface area contributed by atoms with Crippen LogP contribution in [0.15, 0.2) is 34.8 Å². The summed E-state index contributed by atoms with van der Waals surface area (Å²) in [6, 6.07) is 10.4. The normalized spacial score (nSPS) is 11.1. The fraction of sp³-hybridized carbons (Fsp3) is 0.357. The van der Waals surface area contributed by atoms with Crippen molar-refractivity contribution in [2.24, 2.45) is 5.92 Å². The maximum absolute atomic E-state index is 4.52. The van der Waals surface area contributed by atoms with E-state index in [-0.39, 0.29) is 0 Å². The number of hydrogen-bond donors (Lipinski definition) is 1. The van der Waals surface area contributed by atoms with E-state index in [0.717, 1.165) is 28.8 Å². The highest BCUT2D eigenvalue weighted by molar-refractivity contribution is 9.10. The molecule has 2 nitrogen and oxygen atoms in total. The molecule has 0 bridgehead atoms. The van der Waals surface area contributed by atoms with E-state index in [9.17, 15) is 0 Å². The minimum absolute atomic E-state index is 0.681. The fourth-order valence-electron chi connectivity index (χ4n) is 1.68. The number of nitrogens with zero attached hydrogens (tertiary/aromatic N) is 1. The molecule has 0 unspecified atom stereocenters. The Morgan fingerprint density at radius 3 is 2.83 bits per heavy atom. The molecule has 0 aliphatic carbocycles. The second kappa shape index (κ2) is 6.45. The molecule has 2 rings (SSSR count). The molecule has 0 fully saturated rings. The molecule has 2 aromatic rings. The quantitative estimate of drug-likeness (QED) is 0.886. The zero-order valence-corrected chi connectivity index (χ0v) is 13.0. The average molecular weight is 325 g/mol. The van der Waals surface area contributed by atoms with Crippen molar-refractivity contribution in [3.05, 3.63) is 39.7 Å². The van der Waals surface area contributed by atoms with Crippen LogP contribution >= 0.6 is 27.5 Å². The van der Waals surface area contributed by atoms with E-state index in [0.29, 0.717) is 5.92 Å². The van der Waals surface area contributed by atoms with Gasteiger partial charge in [-0.1, -0.05) is 48.0 Å². The summed E-state index contributed by atoms with van der Waals surface area (Å²) in [6.07, 6.45) is 0. The standard InChI is InChI=1S/C14H17BrN2S/c1-10(2)8-16-9-11-7-14(17-18-11)12-5-3-4-6-13(12)15/h3-7,10,16H,8-9H2,1-2H3. The summed E-state index contributed by atoms with van der Waals surface area (Å²) in [4.78, 5) is 1.28. The van der Waals surface area contributed by atoms with Crippen LogP contribution < -0.4 is 5.32 Å². The third-order valence-corrected chi connectivity index (χ3v) is 4.04. The molecular formula is C14H17BrN2S. The van der Waals surface area contributed by atoms with Crippen molar-refractivity contribution >= 4 is 27.5 Å². The van der Waals surface area contributed by atoms with Crippen molar-refractivity contribution in [2.45, 2.75) is 20.4 Å². The second-order valence-corrected chi connectivity index (χ2v) is 6.43. The lowest BCUT2D eigenvalue weighted by molar-refractivity contribution is 0.555. The topological polar surface area (TPSA) is 24.9 Å². The monoisotopic (exact) mass is 324 g/mol. The minimum atomic E-state index is 0.681. The minimum Gasteiger partial charge on any atom is -0.312 e. The molecule has 0 spiro atoms. The highest BCUT2D eigenvalue weighted by Crippen LogP contribution is 2.28. The first-order valence-electron chi connectivity index (χ1n) is 6.08.